The van der Waals surface area contributed by atoms with Crippen molar-refractivity contribution in [2.45, 2.75) is 13.1 Å². The molecule has 3 rings (SSSR count). The monoisotopic (exact) mass is 290 g/mol. The molecule has 104 valence electrons. The summed E-state index contributed by atoms with van der Waals surface area (Å²) in [6.45, 7) is 2.22. The summed E-state index contributed by atoms with van der Waals surface area (Å²) in [5.74, 6) is 0. The molecule has 0 saturated heterocycles. The van der Waals surface area contributed by atoms with Crippen molar-refractivity contribution in [2.24, 2.45) is 0 Å². The number of hydrogen-bond donors (Lipinski definition) is 0. The average Bonchev–Trinajstić information content (AvgIpc) is 2.55. The number of aryl methyl sites for hydroxylation is 1. The first kappa shape index (κ1) is 14.0. The molecule has 0 spiro atoms. The van der Waals surface area contributed by atoms with E-state index >= 15 is 0 Å². The lowest BCUT2D eigenvalue weighted by molar-refractivity contribution is 1.40. The third-order valence-electron chi connectivity index (χ3n) is 3.66. The molecule has 0 saturated carbocycles. The van der Waals surface area contributed by atoms with Crippen LogP contribution in [0.2, 0.25) is 0 Å². The van der Waals surface area contributed by atoms with Crippen LogP contribution in [0.15, 0.2) is 84.9 Å². The third-order valence-corrected chi connectivity index (χ3v) is 6.34. The van der Waals surface area contributed by atoms with Crippen molar-refractivity contribution in [2.75, 3.05) is 0 Å². The quantitative estimate of drug-likeness (QED) is 0.615. The lowest BCUT2D eigenvalue weighted by Crippen LogP contribution is -2.15. The fourth-order valence-electron chi connectivity index (χ4n) is 2.56. The van der Waals surface area contributed by atoms with Gasteiger partial charge >= 0.3 is 0 Å². The van der Waals surface area contributed by atoms with Gasteiger partial charge in [-0.05, 0) is 36.6 Å². The Bertz CT molecular complexity index is 689. The topological polar surface area (TPSA) is 0 Å². The standard InChI is InChI=1S/C20H19P/c1-17-10-8-9-15-20(17)21(19-13-6-3-7-14-19)16-18-11-4-2-5-12-18/h2-15H,16H2,1H3. The Morgan fingerprint density at radius 1 is 0.667 bits per heavy atom. The van der Waals surface area contributed by atoms with Crippen molar-refractivity contribution in [3.05, 3.63) is 96.1 Å². The van der Waals surface area contributed by atoms with Crippen LogP contribution in [-0.4, -0.2) is 0 Å². The van der Waals surface area contributed by atoms with E-state index in [4.69, 9.17) is 0 Å². The Morgan fingerprint density at radius 3 is 1.90 bits per heavy atom. The number of hydrogen-bond acceptors (Lipinski definition) is 0. The van der Waals surface area contributed by atoms with Crippen molar-refractivity contribution in [1.82, 2.24) is 0 Å². The second kappa shape index (κ2) is 6.70. The van der Waals surface area contributed by atoms with Gasteiger partial charge in [0.25, 0.3) is 0 Å². The maximum Gasteiger partial charge on any atom is 0.000753 e. The van der Waals surface area contributed by atoms with E-state index < -0.39 is 0 Å². The van der Waals surface area contributed by atoms with Crippen LogP contribution in [0, 0.1) is 6.92 Å². The summed E-state index contributed by atoms with van der Waals surface area (Å²) in [6, 6.07) is 30.5. The molecule has 0 aliphatic rings. The molecule has 0 aromatic heterocycles. The SMILES string of the molecule is Cc1ccccc1P(Cc1ccccc1)c1ccccc1. The zero-order valence-electron chi connectivity index (χ0n) is 12.2. The molecule has 0 amide bonds. The highest BCUT2D eigenvalue weighted by Crippen LogP contribution is 2.38. The third kappa shape index (κ3) is 3.40. The van der Waals surface area contributed by atoms with Crippen LogP contribution < -0.4 is 10.6 Å². The molecule has 3 aromatic carbocycles. The minimum atomic E-state index is -0.348. The van der Waals surface area contributed by atoms with E-state index in [1.54, 1.807) is 0 Å². The Balaban J connectivity index is 2.02. The molecule has 0 radical (unpaired) electrons. The van der Waals surface area contributed by atoms with E-state index in [0.29, 0.717) is 0 Å². The van der Waals surface area contributed by atoms with Gasteiger partial charge in [0.15, 0.2) is 0 Å². The Morgan fingerprint density at radius 2 is 1.24 bits per heavy atom. The van der Waals surface area contributed by atoms with Gasteiger partial charge in [0, 0.05) is 6.16 Å². The highest BCUT2D eigenvalue weighted by Gasteiger charge is 2.15. The van der Waals surface area contributed by atoms with Crippen molar-refractivity contribution >= 4 is 18.5 Å². The molecule has 0 aliphatic heterocycles. The molecule has 3 aromatic rings. The normalized spacial score (nSPS) is 12.0. The average molecular weight is 290 g/mol. The maximum absolute atomic E-state index is 2.29. The molecule has 21 heavy (non-hydrogen) atoms. The molecule has 0 nitrogen and oxygen atoms in total. The van der Waals surface area contributed by atoms with Crippen LogP contribution in [0.25, 0.3) is 0 Å². The van der Waals surface area contributed by atoms with Crippen LogP contribution in [0.5, 0.6) is 0 Å². The molecule has 1 heteroatoms. The van der Waals surface area contributed by atoms with Gasteiger partial charge in [-0.2, -0.15) is 0 Å². The largest absolute Gasteiger partial charge is 0.0622 e. The zero-order chi connectivity index (χ0) is 14.5. The second-order valence-electron chi connectivity index (χ2n) is 5.19. The summed E-state index contributed by atoms with van der Waals surface area (Å²) in [6.07, 6.45) is 1.10. The molecular weight excluding hydrogens is 271 g/mol. The summed E-state index contributed by atoms with van der Waals surface area (Å²) in [5, 5.41) is 2.94. The van der Waals surface area contributed by atoms with Crippen molar-refractivity contribution < 1.29 is 0 Å². The van der Waals surface area contributed by atoms with E-state index in [1.807, 2.05) is 0 Å². The highest BCUT2D eigenvalue weighted by molar-refractivity contribution is 7.72. The van der Waals surface area contributed by atoms with E-state index in [-0.39, 0.29) is 7.92 Å². The molecule has 0 aliphatic carbocycles. The Kier molecular flexibility index (Phi) is 4.48. The predicted molar refractivity (Wildman–Crippen MR) is 94.0 cm³/mol. The first-order chi connectivity index (χ1) is 10.3. The van der Waals surface area contributed by atoms with Gasteiger partial charge in [-0.3, -0.25) is 0 Å². The van der Waals surface area contributed by atoms with Crippen LogP contribution in [-0.2, 0) is 6.16 Å². The lowest BCUT2D eigenvalue weighted by Gasteiger charge is -2.21. The maximum atomic E-state index is 2.29. The summed E-state index contributed by atoms with van der Waals surface area (Å²) in [5.41, 5.74) is 2.80. The lowest BCUT2D eigenvalue weighted by atomic mass is 10.2. The molecule has 0 fully saturated rings. The fourth-order valence-corrected chi connectivity index (χ4v) is 5.06. The zero-order valence-corrected chi connectivity index (χ0v) is 13.1. The number of rotatable bonds is 4. The summed E-state index contributed by atoms with van der Waals surface area (Å²) in [7, 11) is -0.348. The smallest absolute Gasteiger partial charge is 0.000753 e. The van der Waals surface area contributed by atoms with Gasteiger partial charge in [0.05, 0.1) is 0 Å². The molecule has 1 atom stereocenters. The second-order valence-corrected chi connectivity index (χ2v) is 7.36. The number of benzene rings is 3. The fraction of sp³-hybridized carbons (Fsp3) is 0.100. The van der Waals surface area contributed by atoms with E-state index in [2.05, 4.69) is 91.9 Å². The molecule has 0 bridgehead atoms. The van der Waals surface area contributed by atoms with Gasteiger partial charge in [0.1, 0.15) is 0 Å². The Hall–Kier alpha value is -1.91. The highest BCUT2D eigenvalue weighted by atomic mass is 31.1. The van der Waals surface area contributed by atoms with Crippen molar-refractivity contribution in [3.63, 3.8) is 0 Å². The minimum Gasteiger partial charge on any atom is -0.0622 e. The summed E-state index contributed by atoms with van der Waals surface area (Å²) in [4.78, 5) is 0. The predicted octanol–water partition coefficient (Wildman–Crippen LogP) is 4.63. The first-order valence-electron chi connectivity index (χ1n) is 7.27. The first-order valence-corrected chi connectivity index (χ1v) is 8.79. The molecule has 1 unspecified atom stereocenters. The van der Waals surface area contributed by atoms with Crippen LogP contribution in [0.4, 0.5) is 0 Å². The summed E-state index contributed by atoms with van der Waals surface area (Å²) < 4.78 is 0. The van der Waals surface area contributed by atoms with Gasteiger partial charge in [-0.15, -0.1) is 0 Å². The van der Waals surface area contributed by atoms with Gasteiger partial charge < -0.3 is 0 Å². The van der Waals surface area contributed by atoms with Crippen LogP contribution >= 0.6 is 7.92 Å². The molecule has 0 heterocycles. The van der Waals surface area contributed by atoms with Crippen molar-refractivity contribution in [3.8, 4) is 0 Å². The van der Waals surface area contributed by atoms with Gasteiger partial charge in [-0.25, -0.2) is 0 Å². The van der Waals surface area contributed by atoms with E-state index in [0.717, 1.165) is 6.16 Å². The van der Waals surface area contributed by atoms with E-state index in [1.165, 1.54) is 21.7 Å². The van der Waals surface area contributed by atoms with Crippen LogP contribution in [0.1, 0.15) is 11.1 Å². The Labute approximate surface area is 128 Å². The van der Waals surface area contributed by atoms with E-state index in [9.17, 15) is 0 Å². The molecular formula is C20H19P. The van der Waals surface area contributed by atoms with Gasteiger partial charge in [0.2, 0.25) is 0 Å². The van der Waals surface area contributed by atoms with Crippen molar-refractivity contribution in [1.29, 1.82) is 0 Å². The van der Waals surface area contributed by atoms with Gasteiger partial charge in [-0.1, -0.05) is 84.9 Å². The molecule has 0 N–H and O–H groups in total. The van der Waals surface area contributed by atoms with Crippen LogP contribution in [0.3, 0.4) is 0 Å². The summed E-state index contributed by atoms with van der Waals surface area (Å²) >= 11 is 0. The minimum absolute atomic E-state index is 0.348.